The molecule has 9 nitrogen and oxygen atoms in total. The molecule has 9 heteroatoms. The van der Waals surface area contributed by atoms with E-state index in [1.54, 1.807) is 59.5 Å². The van der Waals surface area contributed by atoms with E-state index in [2.05, 4.69) is 0 Å². The van der Waals surface area contributed by atoms with Crippen LogP contribution in [-0.4, -0.2) is 58.5 Å². The zero-order valence-corrected chi connectivity index (χ0v) is 20.5. The Morgan fingerprint density at radius 3 is 2.11 bits per heavy atom. The smallest absolute Gasteiger partial charge is 0.289 e. The number of furan rings is 1. The van der Waals surface area contributed by atoms with Gasteiger partial charge in [0.2, 0.25) is 0 Å². The highest BCUT2D eigenvalue weighted by Crippen LogP contribution is 2.41. The Hall–Kier alpha value is -4.27. The summed E-state index contributed by atoms with van der Waals surface area (Å²) in [6.07, 6.45) is 2.45. The minimum atomic E-state index is -0.470. The summed E-state index contributed by atoms with van der Waals surface area (Å²) in [5.74, 6) is 0.130. The van der Waals surface area contributed by atoms with Gasteiger partial charge in [-0.05, 0) is 61.9 Å². The summed E-state index contributed by atoms with van der Waals surface area (Å²) in [6.45, 7) is 3.90. The van der Waals surface area contributed by atoms with Gasteiger partial charge in [0.15, 0.2) is 11.5 Å². The third-order valence-electron chi connectivity index (χ3n) is 7.56. The van der Waals surface area contributed by atoms with Crippen LogP contribution < -0.4 is 0 Å². The highest BCUT2D eigenvalue weighted by molar-refractivity contribution is 5.97. The van der Waals surface area contributed by atoms with E-state index in [-0.39, 0.29) is 40.2 Å². The molecule has 0 aliphatic carbocycles. The van der Waals surface area contributed by atoms with Gasteiger partial charge in [0.05, 0.1) is 10.5 Å². The van der Waals surface area contributed by atoms with Crippen molar-refractivity contribution in [2.45, 2.75) is 26.2 Å². The molecule has 1 spiro atoms. The lowest BCUT2D eigenvalue weighted by Gasteiger charge is -2.39. The predicted molar refractivity (Wildman–Crippen MR) is 135 cm³/mol. The Kier molecular flexibility index (Phi) is 6.37. The molecule has 0 radical (unpaired) electrons. The molecule has 2 aromatic carbocycles. The van der Waals surface area contributed by atoms with Crippen LogP contribution in [0.25, 0.3) is 11.3 Å². The fraction of sp³-hybridized carbons (Fsp3) is 0.321. The van der Waals surface area contributed by atoms with Gasteiger partial charge < -0.3 is 14.2 Å². The molecule has 190 valence electrons. The summed E-state index contributed by atoms with van der Waals surface area (Å²) in [7, 11) is 0. The summed E-state index contributed by atoms with van der Waals surface area (Å²) in [6, 6.07) is 16.2. The monoisotopic (exact) mass is 501 g/mol. The highest BCUT2D eigenvalue weighted by Gasteiger charge is 2.43. The topological polar surface area (TPSA) is 114 Å². The van der Waals surface area contributed by atoms with Crippen molar-refractivity contribution in [2.75, 3.05) is 26.2 Å². The normalized spacial score (nSPS) is 16.7. The SMILES string of the molecule is CC(=O)c1ccc(C(=O)N2CCC3(CC2)CCN(C(=O)c2ccc(-c4ccccc4[N+](=O)[O-])o2)C3)cc1. The summed E-state index contributed by atoms with van der Waals surface area (Å²) >= 11 is 0. The number of likely N-dealkylation sites (tertiary alicyclic amines) is 2. The molecule has 0 atom stereocenters. The van der Waals surface area contributed by atoms with Crippen LogP contribution in [0.2, 0.25) is 0 Å². The van der Waals surface area contributed by atoms with Gasteiger partial charge in [-0.3, -0.25) is 24.5 Å². The summed E-state index contributed by atoms with van der Waals surface area (Å²) in [5.41, 5.74) is 1.36. The van der Waals surface area contributed by atoms with Crippen molar-refractivity contribution >= 4 is 23.3 Å². The molecule has 0 saturated carbocycles. The van der Waals surface area contributed by atoms with Crippen LogP contribution in [0, 0.1) is 15.5 Å². The minimum Gasteiger partial charge on any atom is -0.451 e. The van der Waals surface area contributed by atoms with Gasteiger partial charge in [0.1, 0.15) is 5.76 Å². The first-order valence-corrected chi connectivity index (χ1v) is 12.3. The molecule has 3 heterocycles. The van der Waals surface area contributed by atoms with E-state index in [1.165, 1.54) is 13.0 Å². The van der Waals surface area contributed by atoms with Gasteiger partial charge in [0.25, 0.3) is 17.5 Å². The highest BCUT2D eigenvalue weighted by atomic mass is 16.6. The first-order valence-electron chi connectivity index (χ1n) is 12.3. The summed E-state index contributed by atoms with van der Waals surface area (Å²) in [5, 5.41) is 11.4. The van der Waals surface area contributed by atoms with Crippen LogP contribution in [-0.2, 0) is 0 Å². The van der Waals surface area contributed by atoms with E-state index in [0.29, 0.717) is 42.9 Å². The standard InChI is InChI=1S/C28H27N3O6/c1-19(32)20-6-8-21(9-7-20)26(33)29-15-12-28(13-16-29)14-17-30(18-28)27(34)25-11-10-24(37-25)22-4-2-3-5-23(22)31(35)36/h2-11H,12-18H2,1H3. The summed E-state index contributed by atoms with van der Waals surface area (Å²) in [4.78, 5) is 52.1. The fourth-order valence-corrected chi connectivity index (χ4v) is 5.33. The van der Waals surface area contributed by atoms with Gasteiger partial charge >= 0.3 is 0 Å². The van der Waals surface area contributed by atoms with Gasteiger partial charge in [-0.2, -0.15) is 0 Å². The van der Waals surface area contributed by atoms with E-state index in [9.17, 15) is 24.5 Å². The molecule has 2 fully saturated rings. The Morgan fingerprint density at radius 2 is 1.46 bits per heavy atom. The number of benzene rings is 2. The maximum atomic E-state index is 13.2. The first kappa shape index (κ1) is 24.4. The summed E-state index contributed by atoms with van der Waals surface area (Å²) < 4.78 is 5.76. The average molecular weight is 502 g/mol. The molecule has 3 aromatic rings. The second-order valence-electron chi connectivity index (χ2n) is 9.84. The number of nitro benzene ring substituents is 1. The largest absolute Gasteiger partial charge is 0.451 e. The van der Waals surface area contributed by atoms with Crippen molar-refractivity contribution < 1.29 is 23.7 Å². The zero-order valence-electron chi connectivity index (χ0n) is 20.5. The number of Topliss-reactive ketones (excluding diaryl/α,β-unsaturated/α-hetero) is 1. The van der Waals surface area contributed by atoms with E-state index >= 15 is 0 Å². The van der Waals surface area contributed by atoms with Crippen molar-refractivity contribution in [3.8, 4) is 11.3 Å². The quantitative estimate of drug-likeness (QED) is 0.281. The van der Waals surface area contributed by atoms with Gasteiger partial charge in [-0.1, -0.05) is 24.3 Å². The molecule has 0 N–H and O–H groups in total. The van der Waals surface area contributed by atoms with E-state index in [4.69, 9.17) is 4.42 Å². The van der Waals surface area contributed by atoms with Crippen LogP contribution in [0.4, 0.5) is 5.69 Å². The molecule has 2 aliphatic rings. The number of piperidine rings is 1. The molecule has 37 heavy (non-hydrogen) atoms. The number of nitro groups is 1. The Bertz CT molecular complexity index is 1370. The van der Waals surface area contributed by atoms with Crippen molar-refractivity contribution in [3.63, 3.8) is 0 Å². The van der Waals surface area contributed by atoms with Crippen molar-refractivity contribution in [1.29, 1.82) is 0 Å². The number of amides is 2. The Labute approximate surface area is 213 Å². The van der Waals surface area contributed by atoms with E-state index in [1.807, 2.05) is 4.90 Å². The Balaban J connectivity index is 1.21. The molecular weight excluding hydrogens is 474 g/mol. The van der Waals surface area contributed by atoms with Crippen LogP contribution >= 0.6 is 0 Å². The van der Waals surface area contributed by atoms with E-state index in [0.717, 1.165) is 19.3 Å². The predicted octanol–water partition coefficient (Wildman–Crippen LogP) is 4.83. The Morgan fingerprint density at radius 1 is 0.838 bits per heavy atom. The number of para-hydroxylation sites is 1. The van der Waals surface area contributed by atoms with Gasteiger partial charge in [0, 0.05) is 43.4 Å². The van der Waals surface area contributed by atoms with Crippen LogP contribution in [0.1, 0.15) is 57.5 Å². The van der Waals surface area contributed by atoms with Crippen LogP contribution in [0.15, 0.2) is 65.1 Å². The number of nitrogens with zero attached hydrogens (tertiary/aromatic N) is 3. The number of hydrogen-bond donors (Lipinski definition) is 0. The number of carbonyl (C=O) groups excluding carboxylic acids is 3. The van der Waals surface area contributed by atoms with Crippen molar-refractivity contribution in [2.24, 2.45) is 5.41 Å². The molecule has 2 aliphatic heterocycles. The third kappa shape index (κ3) is 4.76. The molecule has 0 bridgehead atoms. The lowest BCUT2D eigenvalue weighted by Crippen LogP contribution is -2.44. The molecular formula is C28H27N3O6. The van der Waals surface area contributed by atoms with Crippen LogP contribution in [0.3, 0.4) is 0 Å². The number of rotatable bonds is 5. The lowest BCUT2D eigenvalue weighted by atomic mass is 9.77. The zero-order chi connectivity index (χ0) is 26.2. The second kappa shape index (κ2) is 9.65. The van der Waals surface area contributed by atoms with Gasteiger partial charge in [-0.25, -0.2) is 0 Å². The average Bonchev–Trinajstić information content (AvgIpc) is 3.57. The number of hydrogen-bond acceptors (Lipinski definition) is 6. The molecule has 1 aromatic heterocycles. The number of carbonyl (C=O) groups is 3. The molecule has 5 rings (SSSR count). The molecule has 2 saturated heterocycles. The molecule has 2 amide bonds. The lowest BCUT2D eigenvalue weighted by molar-refractivity contribution is -0.384. The first-order chi connectivity index (χ1) is 17.8. The maximum absolute atomic E-state index is 13.2. The van der Waals surface area contributed by atoms with Crippen LogP contribution in [0.5, 0.6) is 0 Å². The van der Waals surface area contributed by atoms with Crippen molar-refractivity contribution in [3.05, 3.63) is 87.7 Å². The molecule has 0 unspecified atom stereocenters. The fourth-order valence-electron chi connectivity index (χ4n) is 5.33. The second-order valence-corrected chi connectivity index (χ2v) is 9.84. The van der Waals surface area contributed by atoms with E-state index < -0.39 is 4.92 Å². The van der Waals surface area contributed by atoms with Crippen molar-refractivity contribution in [1.82, 2.24) is 9.80 Å². The maximum Gasteiger partial charge on any atom is 0.289 e. The number of ketones is 1. The minimum absolute atomic E-state index is 0.0357. The van der Waals surface area contributed by atoms with Gasteiger partial charge in [-0.15, -0.1) is 0 Å². The third-order valence-corrected chi connectivity index (χ3v) is 7.56.